The predicted molar refractivity (Wildman–Crippen MR) is 107 cm³/mol. The number of carbonyl (C=O) groups excluding carboxylic acids is 1. The summed E-state index contributed by atoms with van der Waals surface area (Å²) in [6.45, 7) is 1.27. The second-order valence-electron chi connectivity index (χ2n) is 5.75. The third kappa shape index (κ3) is 4.74. The molecule has 0 saturated carbocycles. The Morgan fingerprint density at radius 2 is 1.74 bits per heavy atom. The van der Waals surface area contributed by atoms with Crippen LogP contribution in [-0.2, 0) is 14.8 Å². The van der Waals surface area contributed by atoms with Crippen LogP contribution in [0, 0.1) is 0 Å². The number of nitrogens with one attached hydrogen (secondary N) is 2. The zero-order chi connectivity index (χ0) is 19.4. The predicted octanol–water partition coefficient (Wildman–Crippen LogP) is 3.29. The van der Waals surface area contributed by atoms with Crippen molar-refractivity contribution < 1.29 is 17.9 Å². The summed E-state index contributed by atoms with van der Waals surface area (Å²) in [6.07, 6.45) is 0. The molecule has 27 heavy (non-hydrogen) atoms. The van der Waals surface area contributed by atoms with E-state index in [1.54, 1.807) is 24.3 Å². The second-order valence-corrected chi connectivity index (χ2v) is 8.58. The summed E-state index contributed by atoms with van der Waals surface area (Å²) in [6, 6.07) is 10.6. The van der Waals surface area contributed by atoms with E-state index in [9.17, 15) is 13.2 Å². The van der Waals surface area contributed by atoms with Crippen molar-refractivity contribution in [1.82, 2.24) is 4.31 Å². The van der Waals surface area contributed by atoms with Gasteiger partial charge in [-0.15, -0.1) is 12.6 Å². The molecule has 0 atom stereocenters. The van der Waals surface area contributed by atoms with Gasteiger partial charge in [-0.2, -0.15) is 4.31 Å². The number of sulfonamides is 1. The number of nitrogens with zero attached hydrogens (tertiary/aromatic N) is 1. The molecular formula is C17H18ClN3O4S2. The van der Waals surface area contributed by atoms with E-state index >= 15 is 0 Å². The van der Waals surface area contributed by atoms with Crippen LogP contribution in [0.3, 0.4) is 0 Å². The van der Waals surface area contributed by atoms with E-state index in [1.807, 2.05) is 0 Å². The van der Waals surface area contributed by atoms with Crippen molar-refractivity contribution in [2.45, 2.75) is 9.79 Å². The van der Waals surface area contributed by atoms with Crippen LogP contribution < -0.4 is 10.6 Å². The lowest BCUT2D eigenvalue weighted by molar-refractivity contribution is 0.0730. The van der Waals surface area contributed by atoms with Crippen LogP contribution in [0.4, 0.5) is 16.2 Å². The quantitative estimate of drug-likeness (QED) is 0.653. The largest absolute Gasteiger partial charge is 0.379 e. The van der Waals surface area contributed by atoms with Crippen LogP contribution >= 0.6 is 24.2 Å². The number of thiol groups is 1. The van der Waals surface area contributed by atoms with Gasteiger partial charge < -0.3 is 15.4 Å². The molecular weight excluding hydrogens is 410 g/mol. The number of rotatable bonds is 4. The van der Waals surface area contributed by atoms with Gasteiger partial charge in [-0.05, 0) is 30.3 Å². The van der Waals surface area contributed by atoms with Crippen molar-refractivity contribution in [3.63, 3.8) is 0 Å². The van der Waals surface area contributed by atoms with Gasteiger partial charge in [0.05, 0.1) is 34.5 Å². The molecule has 0 radical (unpaired) electrons. The highest BCUT2D eigenvalue weighted by molar-refractivity contribution is 7.89. The molecule has 144 valence electrons. The van der Waals surface area contributed by atoms with Crippen LogP contribution in [-0.4, -0.2) is 45.1 Å². The first-order chi connectivity index (χ1) is 12.9. The summed E-state index contributed by atoms with van der Waals surface area (Å²) in [5.74, 6) is 0. The summed E-state index contributed by atoms with van der Waals surface area (Å²) in [4.78, 5) is 12.9. The average molecular weight is 428 g/mol. The zero-order valence-corrected chi connectivity index (χ0v) is 16.7. The summed E-state index contributed by atoms with van der Waals surface area (Å²) >= 11 is 10.4. The number of hydrogen-bond donors (Lipinski definition) is 3. The first-order valence-electron chi connectivity index (χ1n) is 8.11. The van der Waals surface area contributed by atoms with Gasteiger partial charge in [-0.25, -0.2) is 13.2 Å². The van der Waals surface area contributed by atoms with Crippen LogP contribution in [0.5, 0.6) is 0 Å². The van der Waals surface area contributed by atoms with E-state index in [2.05, 4.69) is 23.3 Å². The second kappa shape index (κ2) is 8.49. The number of morpholine rings is 1. The van der Waals surface area contributed by atoms with Gasteiger partial charge in [0, 0.05) is 18.0 Å². The first-order valence-corrected chi connectivity index (χ1v) is 10.4. The molecule has 0 unspecified atom stereocenters. The molecule has 2 amide bonds. The van der Waals surface area contributed by atoms with Crippen molar-refractivity contribution in [1.29, 1.82) is 0 Å². The van der Waals surface area contributed by atoms with Gasteiger partial charge in [0.1, 0.15) is 0 Å². The summed E-state index contributed by atoms with van der Waals surface area (Å²) in [5, 5.41) is 5.45. The van der Waals surface area contributed by atoms with Gasteiger partial charge in [-0.3, -0.25) is 0 Å². The van der Waals surface area contributed by atoms with E-state index in [4.69, 9.17) is 16.3 Å². The Hall–Kier alpha value is -1.78. The molecule has 1 aliphatic rings. The van der Waals surface area contributed by atoms with Crippen molar-refractivity contribution in [3.05, 3.63) is 47.5 Å². The molecule has 2 aromatic rings. The summed E-state index contributed by atoms with van der Waals surface area (Å²) in [5.41, 5.74) is 0.715. The smallest absolute Gasteiger partial charge is 0.323 e. The molecule has 0 bridgehead atoms. The molecule has 1 aliphatic heterocycles. The monoisotopic (exact) mass is 427 g/mol. The maximum Gasteiger partial charge on any atom is 0.323 e. The number of anilines is 2. The van der Waals surface area contributed by atoms with Gasteiger partial charge in [0.2, 0.25) is 10.0 Å². The minimum absolute atomic E-state index is 0.0543. The number of para-hydroxylation sites is 1. The summed E-state index contributed by atoms with van der Waals surface area (Å²) < 4.78 is 32.1. The normalized spacial score (nSPS) is 15.3. The Balaban J connectivity index is 1.79. The molecule has 0 spiro atoms. The molecule has 2 aromatic carbocycles. The number of ether oxygens (including phenoxy) is 1. The highest BCUT2D eigenvalue weighted by atomic mass is 35.5. The molecule has 1 fully saturated rings. The maximum atomic E-state index is 12.8. The van der Waals surface area contributed by atoms with Crippen LogP contribution in [0.15, 0.2) is 52.3 Å². The molecule has 2 N–H and O–H groups in total. The fourth-order valence-corrected chi connectivity index (χ4v) is 4.37. The Morgan fingerprint density at radius 3 is 2.44 bits per heavy atom. The third-order valence-corrected chi connectivity index (χ3v) is 6.56. The number of amides is 2. The minimum Gasteiger partial charge on any atom is -0.379 e. The summed E-state index contributed by atoms with van der Waals surface area (Å²) in [7, 11) is -3.69. The lowest BCUT2D eigenvalue weighted by atomic mass is 10.3. The Morgan fingerprint density at radius 1 is 1.07 bits per heavy atom. The molecule has 3 rings (SSSR count). The van der Waals surface area contributed by atoms with Crippen molar-refractivity contribution in [2.75, 3.05) is 36.9 Å². The molecule has 0 aliphatic carbocycles. The number of carbonyl (C=O) groups is 1. The number of urea groups is 1. The van der Waals surface area contributed by atoms with Crippen LogP contribution in [0.2, 0.25) is 5.02 Å². The minimum atomic E-state index is -3.69. The van der Waals surface area contributed by atoms with Gasteiger partial charge in [-0.1, -0.05) is 23.7 Å². The van der Waals surface area contributed by atoms with E-state index in [0.29, 0.717) is 23.8 Å². The highest BCUT2D eigenvalue weighted by Gasteiger charge is 2.27. The first kappa shape index (κ1) is 20.0. The lowest BCUT2D eigenvalue weighted by Gasteiger charge is -2.26. The maximum absolute atomic E-state index is 12.8. The molecule has 10 heteroatoms. The molecule has 7 nitrogen and oxygen atoms in total. The molecule has 1 heterocycles. The molecule has 0 aromatic heterocycles. The van der Waals surface area contributed by atoms with Crippen molar-refractivity contribution in [3.8, 4) is 0 Å². The average Bonchev–Trinajstić information content (AvgIpc) is 2.66. The zero-order valence-electron chi connectivity index (χ0n) is 14.2. The van der Waals surface area contributed by atoms with Crippen molar-refractivity contribution >= 4 is 51.7 Å². The van der Waals surface area contributed by atoms with Crippen molar-refractivity contribution in [2.24, 2.45) is 0 Å². The standard InChI is InChI=1S/C17H18ClN3O4S2/c18-13-6-5-12(27(23,24)21-7-9-25-10-8-21)11-15(13)20-17(22)19-14-3-1-2-4-16(14)26/h1-6,11,26H,7-10H2,(H2,19,20,22). The Bertz CT molecular complexity index is 947. The molecule has 1 saturated heterocycles. The van der Waals surface area contributed by atoms with E-state index in [1.165, 1.54) is 22.5 Å². The van der Waals surface area contributed by atoms with Gasteiger partial charge in [0.15, 0.2) is 0 Å². The Labute approximate surface area is 168 Å². The van der Waals surface area contributed by atoms with Crippen LogP contribution in [0.1, 0.15) is 0 Å². The van der Waals surface area contributed by atoms with E-state index < -0.39 is 16.1 Å². The fourth-order valence-electron chi connectivity index (χ4n) is 2.55. The fraction of sp³-hybridized carbons (Fsp3) is 0.235. The topological polar surface area (TPSA) is 87.7 Å². The van der Waals surface area contributed by atoms with Gasteiger partial charge >= 0.3 is 6.03 Å². The number of benzene rings is 2. The van der Waals surface area contributed by atoms with E-state index in [-0.39, 0.29) is 28.7 Å². The Kier molecular flexibility index (Phi) is 6.28. The van der Waals surface area contributed by atoms with Gasteiger partial charge in [0.25, 0.3) is 0 Å². The number of hydrogen-bond acceptors (Lipinski definition) is 5. The third-order valence-electron chi connectivity index (χ3n) is 3.95. The van der Waals surface area contributed by atoms with E-state index in [0.717, 1.165) is 0 Å². The number of halogens is 1. The highest BCUT2D eigenvalue weighted by Crippen LogP contribution is 2.28. The SMILES string of the molecule is O=C(Nc1ccccc1S)Nc1cc(S(=O)(=O)N2CCOCC2)ccc1Cl. The lowest BCUT2D eigenvalue weighted by Crippen LogP contribution is -2.40. The van der Waals surface area contributed by atoms with Crippen LogP contribution in [0.25, 0.3) is 0 Å².